The van der Waals surface area contributed by atoms with Gasteiger partial charge in [0.05, 0.1) is 18.0 Å². The summed E-state index contributed by atoms with van der Waals surface area (Å²) in [4.78, 5) is 11.9. The Morgan fingerprint density at radius 2 is 1.68 bits per heavy atom. The van der Waals surface area contributed by atoms with Crippen LogP contribution in [0, 0.1) is 5.92 Å². The molecule has 192 valence electrons. The molecule has 0 amide bonds. The van der Waals surface area contributed by atoms with Crippen molar-refractivity contribution in [3.63, 3.8) is 0 Å². The number of hydrogen-bond acceptors (Lipinski definition) is 8. The number of nitrogens with one attached hydrogen (secondary N) is 2. The van der Waals surface area contributed by atoms with Gasteiger partial charge in [-0.05, 0) is 40.1 Å². The van der Waals surface area contributed by atoms with E-state index in [4.69, 9.17) is 4.98 Å². The fourth-order valence-corrected chi connectivity index (χ4v) is 4.34. The van der Waals surface area contributed by atoms with E-state index in [1.54, 1.807) is 6.07 Å². The lowest BCUT2D eigenvalue weighted by Gasteiger charge is -2.27. The topological polar surface area (TPSA) is 116 Å². The number of aromatic nitrogens is 6. The smallest absolute Gasteiger partial charge is 0.180 e. The van der Waals surface area contributed by atoms with Crippen molar-refractivity contribution in [1.29, 1.82) is 0 Å². The molecule has 3 aromatic heterocycles. The second-order valence-corrected chi connectivity index (χ2v) is 9.45. The first-order valence-corrected chi connectivity index (χ1v) is 12.6. The van der Waals surface area contributed by atoms with Gasteiger partial charge in [0.15, 0.2) is 5.82 Å². The minimum Gasteiger partial charge on any atom is -0.390 e. The minimum absolute atomic E-state index is 0.125. The summed E-state index contributed by atoms with van der Waals surface area (Å²) < 4.78 is 0. The van der Waals surface area contributed by atoms with Gasteiger partial charge in [0.25, 0.3) is 0 Å². The SMILES string of the molecule is CC(C)CN(Cc1ccccc1)c1cc(Nc2cccc(CO)n2)cc(-c2ccccc2-c2nnn[nH]2)n1. The molecule has 0 radical (unpaired) electrons. The van der Waals surface area contributed by atoms with Crippen LogP contribution in [-0.4, -0.2) is 42.2 Å². The van der Waals surface area contributed by atoms with E-state index in [0.29, 0.717) is 23.3 Å². The Kier molecular flexibility index (Phi) is 7.65. The summed E-state index contributed by atoms with van der Waals surface area (Å²) in [6, 6.07) is 27.9. The molecular weight excluding hydrogens is 476 g/mol. The van der Waals surface area contributed by atoms with Crippen molar-refractivity contribution >= 4 is 17.3 Å². The van der Waals surface area contributed by atoms with Gasteiger partial charge in [-0.1, -0.05) is 74.5 Å². The molecule has 5 aromatic rings. The standard InChI is InChI=1S/C29H30N8O/c1-20(2)17-37(18-21-9-4-3-5-10-21)28-16-23(31-27-14-8-11-22(19-38)30-27)15-26(32-28)24-12-6-7-13-25(24)29-33-35-36-34-29/h3-16,20,38H,17-19H2,1-2H3,(H,30,31,32)(H,33,34,35,36). The molecule has 5 rings (SSSR count). The van der Waals surface area contributed by atoms with Gasteiger partial charge in [0, 0.05) is 36.0 Å². The van der Waals surface area contributed by atoms with Crippen LogP contribution in [0.3, 0.4) is 0 Å². The van der Waals surface area contributed by atoms with Gasteiger partial charge in [-0.25, -0.2) is 15.1 Å². The van der Waals surface area contributed by atoms with E-state index in [-0.39, 0.29) is 6.61 Å². The zero-order valence-electron chi connectivity index (χ0n) is 21.4. The normalized spacial score (nSPS) is 11.1. The molecule has 0 saturated heterocycles. The Balaban J connectivity index is 1.62. The quantitative estimate of drug-likeness (QED) is 0.236. The van der Waals surface area contributed by atoms with E-state index < -0.39 is 0 Å². The third-order valence-corrected chi connectivity index (χ3v) is 5.98. The maximum absolute atomic E-state index is 9.56. The summed E-state index contributed by atoms with van der Waals surface area (Å²) in [5, 5.41) is 27.5. The molecule has 0 spiro atoms. The molecule has 9 nitrogen and oxygen atoms in total. The Labute approximate surface area is 221 Å². The summed E-state index contributed by atoms with van der Waals surface area (Å²) >= 11 is 0. The van der Waals surface area contributed by atoms with E-state index in [9.17, 15) is 5.11 Å². The molecule has 0 aliphatic rings. The van der Waals surface area contributed by atoms with Crippen LogP contribution in [0.25, 0.3) is 22.6 Å². The molecule has 0 saturated carbocycles. The van der Waals surface area contributed by atoms with E-state index in [1.807, 2.05) is 54.6 Å². The third-order valence-electron chi connectivity index (χ3n) is 5.98. The van der Waals surface area contributed by atoms with Crippen molar-refractivity contribution in [3.05, 3.63) is 96.2 Å². The van der Waals surface area contributed by atoms with Crippen LogP contribution in [0.1, 0.15) is 25.1 Å². The number of hydrogen-bond donors (Lipinski definition) is 3. The maximum Gasteiger partial charge on any atom is 0.180 e. The number of tetrazole rings is 1. The van der Waals surface area contributed by atoms with Gasteiger partial charge >= 0.3 is 0 Å². The van der Waals surface area contributed by atoms with Crippen LogP contribution in [0.15, 0.2) is 84.9 Å². The van der Waals surface area contributed by atoms with Gasteiger partial charge in [-0.2, -0.15) is 0 Å². The Morgan fingerprint density at radius 3 is 2.42 bits per heavy atom. The van der Waals surface area contributed by atoms with Gasteiger partial charge < -0.3 is 15.3 Å². The first-order chi connectivity index (χ1) is 18.6. The molecule has 0 fully saturated rings. The van der Waals surface area contributed by atoms with Gasteiger partial charge in [0.2, 0.25) is 0 Å². The fourth-order valence-electron chi connectivity index (χ4n) is 4.34. The zero-order valence-corrected chi connectivity index (χ0v) is 21.4. The molecule has 0 aliphatic carbocycles. The Bertz CT molecular complexity index is 1470. The average molecular weight is 507 g/mol. The molecule has 0 atom stereocenters. The molecule has 0 unspecified atom stereocenters. The first kappa shape index (κ1) is 25.0. The van der Waals surface area contributed by atoms with Crippen LogP contribution in [0.2, 0.25) is 0 Å². The third kappa shape index (κ3) is 6.01. The van der Waals surface area contributed by atoms with Gasteiger partial charge in [0.1, 0.15) is 11.6 Å². The maximum atomic E-state index is 9.56. The van der Waals surface area contributed by atoms with E-state index in [2.05, 4.69) is 73.9 Å². The van der Waals surface area contributed by atoms with Crippen molar-refractivity contribution in [1.82, 2.24) is 30.6 Å². The summed E-state index contributed by atoms with van der Waals surface area (Å²) in [5.74, 6) is 2.48. The summed E-state index contributed by atoms with van der Waals surface area (Å²) in [7, 11) is 0. The van der Waals surface area contributed by atoms with Crippen molar-refractivity contribution in [3.8, 4) is 22.6 Å². The second-order valence-electron chi connectivity index (χ2n) is 9.45. The first-order valence-electron chi connectivity index (χ1n) is 12.6. The number of benzene rings is 2. The molecule has 9 heteroatoms. The highest BCUT2D eigenvalue weighted by atomic mass is 16.3. The Morgan fingerprint density at radius 1 is 0.895 bits per heavy atom. The highest BCUT2D eigenvalue weighted by molar-refractivity contribution is 5.81. The predicted octanol–water partition coefficient (Wildman–Crippen LogP) is 5.22. The predicted molar refractivity (Wildman–Crippen MR) is 149 cm³/mol. The lowest BCUT2D eigenvalue weighted by atomic mass is 10.0. The summed E-state index contributed by atoms with van der Waals surface area (Å²) in [5.41, 5.74) is 5.17. The number of aliphatic hydroxyl groups excluding tert-OH is 1. The largest absolute Gasteiger partial charge is 0.390 e. The highest BCUT2D eigenvalue weighted by Crippen LogP contribution is 2.33. The summed E-state index contributed by atoms with van der Waals surface area (Å²) in [6.07, 6.45) is 0. The number of anilines is 3. The van der Waals surface area contributed by atoms with Crippen LogP contribution in [0.4, 0.5) is 17.3 Å². The monoisotopic (exact) mass is 506 g/mol. The molecule has 3 heterocycles. The number of nitrogens with zero attached hydrogens (tertiary/aromatic N) is 6. The van der Waals surface area contributed by atoms with Crippen LogP contribution in [0.5, 0.6) is 0 Å². The van der Waals surface area contributed by atoms with Crippen LogP contribution < -0.4 is 10.2 Å². The lowest BCUT2D eigenvalue weighted by Crippen LogP contribution is -2.28. The highest BCUT2D eigenvalue weighted by Gasteiger charge is 2.17. The van der Waals surface area contributed by atoms with Crippen molar-refractivity contribution < 1.29 is 5.11 Å². The molecule has 2 aromatic carbocycles. The summed E-state index contributed by atoms with van der Waals surface area (Å²) in [6.45, 7) is 5.84. The Hall–Kier alpha value is -4.63. The van der Waals surface area contributed by atoms with E-state index >= 15 is 0 Å². The number of H-pyrrole nitrogens is 1. The second kappa shape index (κ2) is 11.6. The lowest BCUT2D eigenvalue weighted by molar-refractivity contribution is 0.277. The molecule has 38 heavy (non-hydrogen) atoms. The molecule has 0 aliphatic heterocycles. The average Bonchev–Trinajstić information content (AvgIpc) is 3.48. The number of pyridine rings is 2. The van der Waals surface area contributed by atoms with Gasteiger partial charge in [-0.15, -0.1) is 5.10 Å². The molecule has 0 bridgehead atoms. The minimum atomic E-state index is -0.125. The molecular formula is C29H30N8O. The number of rotatable bonds is 10. The fraction of sp³-hybridized carbons (Fsp3) is 0.207. The van der Waals surface area contributed by atoms with E-state index in [0.717, 1.165) is 41.4 Å². The van der Waals surface area contributed by atoms with E-state index in [1.165, 1.54) is 5.56 Å². The zero-order chi connectivity index (χ0) is 26.3. The number of aliphatic hydroxyl groups is 1. The van der Waals surface area contributed by atoms with Gasteiger partial charge in [-0.3, -0.25) is 0 Å². The van der Waals surface area contributed by atoms with Crippen molar-refractivity contribution in [2.24, 2.45) is 5.92 Å². The molecule has 3 N–H and O–H groups in total. The van der Waals surface area contributed by atoms with Crippen molar-refractivity contribution in [2.75, 3.05) is 16.8 Å². The van der Waals surface area contributed by atoms with Crippen LogP contribution in [-0.2, 0) is 13.2 Å². The van der Waals surface area contributed by atoms with Crippen molar-refractivity contribution in [2.45, 2.75) is 27.0 Å². The van der Waals surface area contributed by atoms with Crippen LogP contribution >= 0.6 is 0 Å². The number of aromatic amines is 1.